The van der Waals surface area contributed by atoms with E-state index in [4.69, 9.17) is 0 Å². The number of halogens is 3. The van der Waals surface area contributed by atoms with Crippen molar-refractivity contribution in [1.82, 2.24) is 0 Å². The van der Waals surface area contributed by atoms with E-state index in [1.807, 2.05) is 0 Å². The average molecular weight is 300 g/mol. The zero-order valence-corrected chi connectivity index (χ0v) is 11.1. The third-order valence-electron chi connectivity index (χ3n) is 2.74. The number of benzene rings is 2. The SMILES string of the molecule is O=S(=O)(Cc1ccccc1)c1ccc(C(F)(F)F)cc1. The van der Waals surface area contributed by atoms with Crippen LogP contribution in [0, 0.1) is 0 Å². The van der Waals surface area contributed by atoms with Crippen LogP contribution in [0.25, 0.3) is 0 Å². The minimum atomic E-state index is -4.47. The van der Waals surface area contributed by atoms with Crippen LogP contribution in [-0.2, 0) is 21.8 Å². The molecule has 0 aliphatic heterocycles. The molecule has 0 amide bonds. The first-order valence-corrected chi connectivity index (χ1v) is 7.38. The van der Waals surface area contributed by atoms with E-state index >= 15 is 0 Å². The Labute approximate surface area is 114 Å². The van der Waals surface area contributed by atoms with E-state index < -0.39 is 21.6 Å². The van der Waals surface area contributed by atoms with Crippen molar-refractivity contribution >= 4 is 9.84 Å². The molecule has 0 aliphatic rings. The van der Waals surface area contributed by atoms with Crippen molar-refractivity contribution in [2.75, 3.05) is 0 Å². The molecule has 0 heterocycles. The summed E-state index contributed by atoms with van der Waals surface area (Å²) in [7, 11) is -3.64. The summed E-state index contributed by atoms with van der Waals surface area (Å²) in [4.78, 5) is -0.116. The normalized spacial score (nSPS) is 12.3. The Kier molecular flexibility index (Phi) is 3.85. The van der Waals surface area contributed by atoms with Crippen molar-refractivity contribution < 1.29 is 21.6 Å². The predicted octanol–water partition coefficient (Wildman–Crippen LogP) is 3.68. The molecule has 106 valence electrons. The second-order valence-corrected chi connectivity index (χ2v) is 6.26. The summed E-state index contributed by atoms with van der Waals surface area (Å²) in [6, 6.07) is 12.0. The van der Waals surface area contributed by atoms with Gasteiger partial charge in [-0.15, -0.1) is 0 Å². The number of alkyl halides is 3. The van der Waals surface area contributed by atoms with Gasteiger partial charge in [0.15, 0.2) is 9.84 Å². The van der Waals surface area contributed by atoms with Crippen molar-refractivity contribution in [1.29, 1.82) is 0 Å². The summed E-state index contributed by atoms with van der Waals surface area (Å²) in [6.07, 6.45) is -4.47. The molecule has 0 saturated carbocycles. The van der Waals surface area contributed by atoms with Crippen LogP contribution in [0.15, 0.2) is 59.5 Å². The molecule has 2 aromatic carbocycles. The molecule has 0 unspecified atom stereocenters. The standard InChI is InChI=1S/C14H11F3O2S/c15-14(16,17)12-6-8-13(9-7-12)20(18,19)10-11-4-2-1-3-5-11/h1-9H,10H2. The molecule has 0 aromatic heterocycles. The number of hydrogen-bond donors (Lipinski definition) is 0. The predicted molar refractivity (Wildman–Crippen MR) is 68.8 cm³/mol. The number of hydrogen-bond acceptors (Lipinski definition) is 2. The molecule has 2 nitrogen and oxygen atoms in total. The fourth-order valence-corrected chi connectivity index (χ4v) is 3.08. The maximum absolute atomic E-state index is 12.4. The van der Waals surface area contributed by atoms with Crippen LogP contribution in [0.5, 0.6) is 0 Å². The maximum atomic E-state index is 12.4. The van der Waals surface area contributed by atoms with Gasteiger partial charge >= 0.3 is 6.18 Å². The van der Waals surface area contributed by atoms with E-state index in [0.29, 0.717) is 5.56 Å². The largest absolute Gasteiger partial charge is 0.416 e. The van der Waals surface area contributed by atoms with Gasteiger partial charge < -0.3 is 0 Å². The topological polar surface area (TPSA) is 34.1 Å². The van der Waals surface area contributed by atoms with Crippen LogP contribution in [0.1, 0.15) is 11.1 Å². The molecule has 0 saturated heterocycles. The Morgan fingerprint density at radius 1 is 0.850 bits per heavy atom. The van der Waals surface area contributed by atoms with Gasteiger partial charge in [-0.2, -0.15) is 13.2 Å². The highest BCUT2D eigenvalue weighted by atomic mass is 32.2. The monoisotopic (exact) mass is 300 g/mol. The Morgan fingerprint density at radius 3 is 1.90 bits per heavy atom. The van der Waals surface area contributed by atoms with Gasteiger partial charge in [0.2, 0.25) is 0 Å². The molecule has 0 atom stereocenters. The van der Waals surface area contributed by atoms with E-state index in [1.165, 1.54) is 0 Å². The first kappa shape index (κ1) is 14.6. The third kappa shape index (κ3) is 3.39. The second kappa shape index (κ2) is 5.28. The smallest absolute Gasteiger partial charge is 0.223 e. The Balaban J connectivity index is 2.27. The molecular formula is C14H11F3O2S. The lowest BCUT2D eigenvalue weighted by Crippen LogP contribution is -2.08. The molecular weight excluding hydrogens is 289 g/mol. The minimum absolute atomic E-state index is 0.116. The van der Waals surface area contributed by atoms with Gasteiger partial charge in [-0.25, -0.2) is 8.42 Å². The van der Waals surface area contributed by atoms with Crippen molar-refractivity contribution in [2.45, 2.75) is 16.8 Å². The molecule has 6 heteroatoms. The lowest BCUT2D eigenvalue weighted by Gasteiger charge is -2.08. The zero-order chi connectivity index (χ0) is 14.8. The summed E-state index contributed by atoms with van der Waals surface area (Å²) in [5.41, 5.74) is -0.274. The molecule has 2 rings (SSSR count). The summed E-state index contributed by atoms with van der Waals surface area (Å²) < 4.78 is 61.4. The van der Waals surface area contributed by atoms with Gasteiger partial charge in [-0.1, -0.05) is 30.3 Å². The molecule has 0 fully saturated rings. The molecule has 0 aliphatic carbocycles. The number of rotatable bonds is 3. The Bertz CT molecular complexity index is 675. The van der Waals surface area contributed by atoms with Crippen molar-refractivity contribution in [2.24, 2.45) is 0 Å². The maximum Gasteiger partial charge on any atom is 0.416 e. The molecule has 20 heavy (non-hydrogen) atoms. The van der Waals surface area contributed by atoms with Crippen molar-refractivity contribution in [3.05, 3.63) is 65.7 Å². The first-order valence-electron chi connectivity index (χ1n) is 5.73. The average Bonchev–Trinajstić information content (AvgIpc) is 2.38. The first-order chi connectivity index (χ1) is 9.29. The summed E-state index contributed by atoms with van der Waals surface area (Å²) in [6.45, 7) is 0. The van der Waals surface area contributed by atoms with Crippen molar-refractivity contribution in [3.8, 4) is 0 Å². The highest BCUT2D eigenvalue weighted by molar-refractivity contribution is 7.90. The van der Waals surface area contributed by atoms with E-state index in [2.05, 4.69) is 0 Å². The van der Waals surface area contributed by atoms with E-state index in [-0.39, 0.29) is 10.6 Å². The lowest BCUT2D eigenvalue weighted by molar-refractivity contribution is -0.137. The van der Waals surface area contributed by atoms with Crippen molar-refractivity contribution in [3.63, 3.8) is 0 Å². The summed E-state index contributed by atoms with van der Waals surface area (Å²) in [5.74, 6) is -0.237. The fraction of sp³-hybridized carbons (Fsp3) is 0.143. The van der Waals surface area contributed by atoms with Gasteiger partial charge in [0, 0.05) is 0 Å². The van der Waals surface area contributed by atoms with Gasteiger partial charge in [0.05, 0.1) is 16.2 Å². The minimum Gasteiger partial charge on any atom is -0.223 e. The number of sulfone groups is 1. The lowest BCUT2D eigenvalue weighted by atomic mass is 10.2. The van der Waals surface area contributed by atoms with Crippen LogP contribution >= 0.6 is 0 Å². The van der Waals surface area contributed by atoms with Crippen LogP contribution in [-0.4, -0.2) is 8.42 Å². The van der Waals surface area contributed by atoms with Crippen LogP contribution < -0.4 is 0 Å². The highest BCUT2D eigenvalue weighted by Gasteiger charge is 2.30. The van der Waals surface area contributed by atoms with Gasteiger partial charge in [0.25, 0.3) is 0 Å². The zero-order valence-electron chi connectivity index (χ0n) is 10.3. The molecule has 0 spiro atoms. The van der Waals surface area contributed by atoms with E-state index in [9.17, 15) is 21.6 Å². The quantitative estimate of drug-likeness (QED) is 0.866. The Morgan fingerprint density at radius 2 is 1.40 bits per heavy atom. The summed E-state index contributed by atoms with van der Waals surface area (Å²) >= 11 is 0. The molecule has 0 N–H and O–H groups in total. The molecule has 2 aromatic rings. The van der Waals surface area contributed by atoms with E-state index in [1.54, 1.807) is 30.3 Å². The van der Waals surface area contributed by atoms with Crippen LogP contribution in [0.3, 0.4) is 0 Å². The second-order valence-electron chi connectivity index (χ2n) is 4.27. The highest BCUT2D eigenvalue weighted by Crippen LogP contribution is 2.30. The van der Waals surface area contributed by atoms with Crippen LogP contribution in [0.4, 0.5) is 13.2 Å². The molecule has 0 bridgehead atoms. The summed E-state index contributed by atoms with van der Waals surface area (Å²) in [5, 5.41) is 0. The van der Waals surface area contributed by atoms with Gasteiger partial charge in [-0.05, 0) is 29.8 Å². The molecule has 0 radical (unpaired) electrons. The third-order valence-corrected chi connectivity index (χ3v) is 4.44. The van der Waals surface area contributed by atoms with E-state index in [0.717, 1.165) is 24.3 Å². The Hall–Kier alpha value is -1.82. The van der Waals surface area contributed by atoms with Gasteiger partial charge in [0.1, 0.15) is 0 Å². The van der Waals surface area contributed by atoms with Crippen LogP contribution in [0.2, 0.25) is 0 Å². The van der Waals surface area contributed by atoms with Gasteiger partial charge in [-0.3, -0.25) is 0 Å². The fourth-order valence-electron chi connectivity index (χ4n) is 1.73.